The number of nitrogens with zero attached hydrogens (tertiary/aromatic N) is 1. The number of furan rings is 1. The van der Waals surface area contributed by atoms with Gasteiger partial charge in [0.05, 0.1) is 12.5 Å². The fourth-order valence-electron chi connectivity index (χ4n) is 2.47. The molecule has 19 heavy (non-hydrogen) atoms. The molecule has 0 aromatic carbocycles. The van der Waals surface area contributed by atoms with Crippen LogP contribution in [0, 0.1) is 0 Å². The molecule has 100 valence electrons. The smallest absolute Gasteiger partial charge is 0.138 e. The highest BCUT2D eigenvalue weighted by atomic mass is 16.5. The van der Waals surface area contributed by atoms with Gasteiger partial charge in [0, 0.05) is 17.8 Å². The average Bonchev–Trinajstić information content (AvgIpc) is 3.13. The molecule has 1 fully saturated rings. The van der Waals surface area contributed by atoms with E-state index in [0.717, 1.165) is 23.6 Å². The first-order valence-electron chi connectivity index (χ1n) is 6.72. The zero-order valence-corrected chi connectivity index (χ0v) is 11.0. The van der Waals surface area contributed by atoms with Crippen molar-refractivity contribution in [1.82, 2.24) is 10.3 Å². The average molecular weight is 258 g/mol. The van der Waals surface area contributed by atoms with Crippen LogP contribution in [-0.4, -0.2) is 23.7 Å². The summed E-state index contributed by atoms with van der Waals surface area (Å²) in [5.74, 6) is 1.60. The molecule has 0 spiro atoms. The van der Waals surface area contributed by atoms with Crippen molar-refractivity contribution in [2.75, 3.05) is 6.54 Å². The summed E-state index contributed by atoms with van der Waals surface area (Å²) in [4.78, 5) is 4.21. The normalized spacial score (nSPS) is 20.4. The zero-order valence-electron chi connectivity index (χ0n) is 11.0. The molecule has 1 aliphatic rings. The lowest BCUT2D eigenvalue weighted by Crippen LogP contribution is -2.36. The molecule has 0 saturated carbocycles. The van der Waals surface area contributed by atoms with E-state index in [9.17, 15) is 0 Å². The number of hydrogen-bond donors (Lipinski definition) is 1. The Bertz CT molecular complexity index is 519. The first-order valence-corrected chi connectivity index (χ1v) is 6.72. The molecule has 4 nitrogen and oxygen atoms in total. The third-order valence-electron chi connectivity index (χ3n) is 3.51. The second-order valence-electron chi connectivity index (χ2n) is 4.91. The highest BCUT2D eigenvalue weighted by Crippen LogP contribution is 2.24. The molecular weight excluding hydrogens is 240 g/mol. The van der Waals surface area contributed by atoms with Gasteiger partial charge >= 0.3 is 0 Å². The quantitative estimate of drug-likeness (QED) is 0.916. The van der Waals surface area contributed by atoms with E-state index < -0.39 is 0 Å². The van der Waals surface area contributed by atoms with Crippen LogP contribution in [0.4, 0.5) is 0 Å². The monoisotopic (exact) mass is 258 g/mol. The van der Waals surface area contributed by atoms with E-state index >= 15 is 0 Å². The fraction of sp³-hybridized carbons (Fsp3) is 0.400. The van der Waals surface area contributed by atoms with E-state index in [1.807, 2.05) is 18.2 Å². The first kappa shape index (κ1) is 12.2. The third-order valence-corrected chi connectivity index (χ3v) is 3.51. The summed E-state index contributed by atoms with van der Waals surface area (Å²) >= 11 is 0. The summed E-state index contributed by atoms with van der Waals surface area (Å²) in [5.41, 5.74) is 0.939. The number of ether oxygens (including phenoxy) is 1. The number of nitrogens with one attached hydrogen (secondary N) is 1. The Morgan fingerprint density at radius 3 is 3.16 bits per heavy atom. The van der Waals surface area contributed by atoms with Gasteiger partial charge in [0.2, 0.25) is 0 Å². The van der Waals surface area contributed by atoms with Gasteiger partial charge in [-0.3, -0.25) is 4.98 Å². The molecule has 0 amide bonds. The van der Waals surface area contributed by atoms with Crippen molar-refractivity contribution in [2.24, 2.45) is 0 Å². The van der Waals surface area contributed by atoms with Crippen molar-refractivity contribution in [3.05, 3.63) is 36.9 Å². The number of aromatic nitrogens is 1. The van der Waals surface area contributed by atoms with E-state index in [0.29, 0.717) is 6.04 Å². The van der Waals surface area contributed by atoms with E-state index in [1.165, 1.54) is 12.8 Å². The van der Waals surface area contributed by atoms with Crippen molar-refractivity contribution in [3.8, 4) is 17.1 Å². The van der Waals surface area contributed by atoms with Gasteiger partial charge in [0.15, 0.2) is 0 Å². The van der Waals surface area contributed by atoms with Gasteiger partial charge in [-0.15, -0.1) is 0 Å². The predicted molar refractivity (Wildman–Crippen MR) is 73.1 cm³/mol. The molecule has 3 rings (SSSR count). The van der Waals surface area contributed by atoms with Gasteiger partial charge in [-0.2, -0.15) is 0 Å². The van der Waals surface area contributed by atoms with Gasteiger partial charge in [-0.05, 0) is 44.5 Å². The Labute approximate surface area is 112 Å². The third kappa shape index (κ3) is 2.79. The molecule has 1 N–H and O–H groups in total. The van der Waals surface area contributed by atoms with Crippen LogP contribution in [0.1, 0.15) is 19.8 Å². The Balaban J connectivity index is 1.72. The van der Waals surface area contributed by atoms with Crippen molar-refractivity contribution in [3.63, 3.8) is 0 Å². The number of rotatable bonds is 4. The van der Waals surface area contributed by atoms with Crippen LogP contribution < -0.4 is 10.1 Å². The maximum absolute atomic E-state index is 5.97. The Kier molecular flexibility index (Phi) is 3.51. The topological polar surface area (TPSA) is 47.3 Å². The van der Waals surface area contributed by atoms with Crippen molar-refractivity contribution in [1.29, 1.82) is 0 Å². The van der Waals surface area contributed by atoms with Gasteiger partial charge in [-0.25, -0.2) is 0 Å². The molecule has 1 aliphatic heterocycles. The zero-order chi connectivity index (χ0) is 13.1. The summed E-state index contributed by atoms with van der Waals surface area (Å²) in [6, 6.07) is 6.20. The van der Waals surface area contributed by atoms with E-state index in [2.05, 4.69) is 17.2 Å². The maximum atomic E-state index is 5.97. The van der Waals surface area contributed by atoms with E-state index in [-0.39, 0.29) is 6.10 Å². The lowest BCUT2D eigenvalue weighted by molar-refractivity contribution is 0.179. The molecule has 4 heteroatoms. The molecule has 2 aromatic rings. The van der Waals surface area contributed by atoms with E-state index in [1.54, 1.807) is 18.7 Å². The van der Waals surface area contributed by atoms with Gasteiger partial charge in [-0.1, -0.05) is 0 Å². The first-order chi connectivity index (χ1) is 9.33. The molecule has 1 saturated heterocycles. The van der Waals surface area contributed by atoms with Crippen molar-refractivity contribution >= 4 is 0 Å². The minimum absolute atomic E-state index is 0.149. The summed E-state index contributed by atoms with van der Waals surface area (Å²) in [5, 5.41) is 3.45. The molecule has 2 aromatic heterocycles. The van der Waals surface area contributed by atoms with Crippen LogP contribution in [0.5, 0.6) is 5.75 Å². The van der Waals surface area contributed by atoms with E-state index in [4.69, 9.17) is 9.15 Å². The van der Waals surface area contributed by atoms with Crippen LogP contribution in [0.15, 0.2) is 41.3 Å². The lowest BCUT2D eigenvalue weighted by Gasteiger charge is -2.21. The summed E-state index contributed by atoms with van der Waals surface area (Å²) in [7, 11) is 0. The minimum Gasteiger partial charge on any atom is -0.487 e. The molecule has 2 atom stereocenters. The Morgan fingerprint density at radius 2 is 2.42 bits per heavy atom. The van der Waals surface area contributed by atoms with Gasteiger partial charge in [0.25, 0.3) is 0 Å². The second-order valence-corrected chi connectivity index (χ2v) is 4.91. The summed E-state index contributed by atoms with van der Waals surface area (Å²) < 4.78 is 11.3. The highest BCUT2D eigenvalue weighted by molar-refractivity contribution is 5.57. The Morgan fingerprint density at radius 1 is 1.47 bits per heavy atom. The van der Waals surface area contributed by atoms with Crippen LogP contribution in [0.25, 0.3) is 11.3 Å². The SMILES string of the molecule is CC(Oc1cncc(-c2ccco2)c1)C1CCCN1. The number of pyridine rings is 1. The second kappa shape index (κ2) is 5.45. The van der Waals surface area contributed by atoms with Crippen LogP contribution in [0.2, 0.25) is 0 Å². The molecular formula is C15H18N2O2. The van der Waals surface area contributed by atoms with Crippen molar-refractivity contribution < 1.29 is 9.15 Å². The highest BCUT2D eigenvalue weighted by Gasteiger charge is 2.22. The van der Waals surface area contributed by atoms with Crippen LogP contribution in [0.3, 0.4) is 0 Å². The number of hydrogen-bond acceptors (Lipinski definition) is 4. The largest absolute Gasteiger partial charge is 0.487 e. The standard InChI is InChI=1S/C15H18N2O2/c1-11(14-4-2-6-17-14)19-13-8-12(9-16-10-13)15-5-3-7-18-15/h3,5,7-11,14,17H,2,4,6H2,1H3. The molecule has 0 radical (unpaired) electrons. The fourth-order valence-corrected chi connectivity index (χ4v) is 2.47. The maximum Gasteiger partial charge on any atom is 0.138 e. The predicted octanol–water partition coefficient (Wildman–Crippen LogP) is 2.86. The van der Waals surface area contributed by atoms with Crippen LogP contribution in [-0.2, 0) is 0 Å². The van der Waals surface area contributed by atoms with Gasteiger partial charge < -0.3 is 14.5 Å². The summed E-state index contributed by atoms with van der Waals surface area (Å²) in [6.45, 7) is 3.19. The van der Waals surface area contributed by atoms with Gasteiger partial charge in [0.1, 0.15) is 17.6 Å². The molecule has 0 bridgehead atoms. The lowest BCUT2D eigenvalue weighted by atomic mass is 10.1. The molecule has 2 unspecified atom stereocenters. The molecule has 3 heterocycles. The van der Waals surface area contributed by atoms with Crippen LogP contribution >= 0.6 is 0 Å². The summed E-state index contributed by atoms with van der Waals surface area (Å²) in [6.07, 6.45) is 7.74. The minimum atomic E-state index is 0.149. The Hall–Kier alpha value is -1.81. The molecule has 0 aliphatic carbocycles. The van der Waals surface area contributed by atoms with Crippen molar-refractivity contribution in [2.45, 2.75) is 31.9 Å².